The maximum absolute atomic E-state index is 9.25. The van der Waals surface area contributed by atoms with Gasteiger partial charge in [-0.15, -0.1) is 11.6 Å². The molecule has 0 aliphatic heterocycles. The third kappa shape index (κ3) is 4.60. The van der Waals surface area contributed by atoms with Gasteiger partial charge < -0.3 is 15.2 Å². The first-order chi connectivity index (χ1) is 10.1. The Morgan fingerprint density at radius 3 is 2.19 bits per heavy atom. The zero-order valence-electron chi connectivity index (χ0n) is 11.1. The molecule has 0 fully saturated rings. The highest BCUT2D eigenvalue weighted by Crippen LogP contribution is 2.37. The largest absolute Gasteiger partial charge is 0.508 e. The van der Waals surface area contributed by atoms with Crippen LogP contribution >= 0.6 is 34.8 Å². The molecule has 0 heterocycles. The predicted molar refractivity (Wildman–Crippen MR) is 88.7 cm³/mol. The van der Waals surface area contributed by atoms with Gasteiger partial charge >= 0.3 is 0 Å². The number of hydrogen-bond acceptors (Lipinski definition) is 3. The first-order valence-corrected chi connectivity index (χ1v) is 7.63. The van der Waals surface area contributed by atoms with Crippen molar-refractivity contribution in [2.75, 3.05) is 17.8 Å². The number of alkyl halides is 1. The van der Waals surface area contributed by atoms with Crippen molar-refractivity contribution in [3.63, 3.8) is 0 Å². The number of nitrogens with one attached hydrogen (secondary N) is 1. The van der Waals surface area contributed by atoms with Crippen LogP contribution in [0.2, 0.25) is 10.0 Å². The van der Waals surface area contributed by atoms with Crippen LogP contribution in [-0.4, -0.2) is 17.6 Å². The van der Waals surface area contributed by atoms with E-state index in [1.165, 1.54) is 0 Å². The fourth-order valence-corrected chi connectivity index (χ4v) is 2.42. The first-order valence-electron chi connectivity index (χ1n) is 6.34. The highest BCUT2D eigenvalue weighted by Gasteiger charge is 2.10. The smallest absolute Gasteiger partial charge is 0.156 e. The number of anilines is 2. The molecule has 0 saturated carbocycles. The molecule has 21 heavy (non-hydrogen) atoms. The van der Waals surface area contributed by atoms with E-state index in [-0.39, 0.29) is 5.75 Å². The zero-order chi connectivity index (χ0) is 15.2. The second-order valence-electron chi connectivity index (χ2n) is 4.33. The molecule has 0 spiro atoms. The quantitative estimate of drug-likeness (QED) is 0.415. The number of ether oxygens (including phenoxy) is 1. The van der Waals surface area contributed by atoms with Crippen LogP contribution in [0.5, 0.6) is 11.5 Å². The van der Waals surface area contributed by atoms with Crippen LogP contribution in [0, 0.1) is 0 Å². The Balaban J connectivity index is 2.13. The minimum atomic E-state index is 0.208. The van der Waals surface area contributed by atoms with Crippen molar-refractivity contribution in [1.82, 2.24) is 0 Å². The Morgan fingerprint density at radius 2 is 1.62 bits per heavy atom. The average Bonchev–Trinajstić information content (AvgIpc) is 2.44. The van der Waals surface area contributed by atoms with Crippen molar-refractivity contribution in [3.8, 4) is 11.5 Å². The summed E-state index contributed by atoms with van der Waals surface area (Å²) in [6.45, 7) is 0.466. The Hall–Kier alpha value is -1.29. The monoisotopic (exact) mass is 345 g/mol. The summed E-state index contributed by atoms with van der Waals surface area (Å²) in [6, 6.07) is 10.2. The van der Waals surface area contributed by atoms with Gasteiger partial charge in [-0.25, -0.2) is 0 Å². The summed E-state index contributed by atoms with van der Waals surface area (Å²) in [5.41, 5.74) is 1.55. The molecule has 0 bridgehead atoms. The van der Waals surface area contributed by atoms with Crippen molar-refractivity contribution in [2.45, 2.75) is 6.42 Å². The molecular formula is C15H14Cl3NO2. The van der Waals surface area contributed by atoms with E-state index in [1.807, 2.05) is 0 Å². The highest BCUT2D eigenvalue weighted by atomic mass is 35.5. The molecule has 0 saturated heterocycles. The molecule has 0 unspecified atom stereocenters. The average molecular weight is 347 g/mol. The fraction of sp³-hybridized carbons (Fsp3) is 0.200. The van der Waals surface area contributed by atoms with E-state index < -0.39 is 0 Å². The second-order valence-corrected chi connectivity index (χ2v) is 5.52. The van der Waals surface area contributed by atoms with Gasteiger partial charge in [0.25, 0.3) is 0 Å². The summed E-state index contributed by atoms with van der Waals surface area (Å²) in [6.07, 6.45) is 0.724. The maximum Gasteiger partial charge on any atom is 0.156 e. The Morgan fingerprint density at radius 1 is 1.00 bits per heavy atom. The minimum absolute atomic E-state index is 0.208. The topological polar surface area (TPSA) is 41.5 Å². The number of phenolic OH excluding ortho intramolecular Hbond substituents is 1. The molecule has 3 nitrogen and oxygen atoms in total. The molecule has 0 aromatic heterocycles. The third-order valence-electron chi connectivity index (χ3n) is 2.68. The van der Waals surface area contributed by atoms with E-state index in [2.05, 4.69) is 5.32 Å². The lowest BCUT2D eigenvalue weighted by atomic mass is 10.2. The predicted octanol–water partition coefficient (Wildman–Crippen LogP) is 5.45. The van der Waals surface area contributed by atoms with Crippen LogP contribution in [0.3, 0.4) is 0 Å². The van der Waals surface area contributed by atoms with Gasteiger partial charge in [0.15, 0.2) is 5.75 Å². The van der Waals surface area contributed by atoms with Crippen LogP contribution in [0.1, 0.15) is 6.42 Å². The molecule has 2 rings (SSSR count). The van der Waals surface area contributed by atoms with Crippen molar-refractivity contribution < 1.29 is 9.84 Å². The van der Waals surface area contributed by atoms with E-state index >= 15 is 0 Å². The molecule has 0 radical (unpaired) electrons. The molecule has 2 aromatic carbocycles. The van der Waals surface area contributed by atoms with Crippen LogP contribution in [0.4, 0.5) is 11.4 Å². The standard InChI is InChI=1S/C15H14Cl3NO2/c16-6-1-7-21-15-13(17)8-11(9-14(15)18)19-10-2-4-12(20)5-3-10/h2-5,8-9,19-20H,1,6-7H2. The van der Waals surface area contributed by atoms with Crippen molar-refractivity contribution >= 4 is 46.2 Å². The number of hydrogen-bond donors (Lipinski definition) is 2. The first kappa shape index (κ1) is 16.1. The summed E-state index contributed by atoms with van der Waals surface area (Å²) >= 11 is 18.0. The van der Waals surface area contributed by atoms with Crippen LogP contribution < -0.4 is 10.1 Å². The number of phenols is 1. The van der Waals surface area contributed by atoms with E-state index in [1.54, 1.807) is 36.4 Å². The van der Waals surface area contributed by atoms with E-state index in [0.717, 1.165) is 17.8 Å². The van der Waals surface area contributed by atoms with Crippen molar-refractivity contribution in [3.05, 3.63) is 46.4 Å². The molecule has 2 N–H and O–H groups in total. The van der Waals surface area contributed by atoms with E-state index in [0.29, 0.717) is 28.3 Å². The summed E-state index contributed by atoms with van der Waals surface area (Å²) < 4.78 is 5.52. The van der Waals surface area contributed by atoms with Crippen LogP contribution in [-0.2, 0) is 0 Å². The molecule has 0 amide bonds. The SMILES string of the molecule is Oc1ccc(Nc2cc(Cl)c(OCCCCl)c(Cl)c2)cc1. The minimum Gasteiger partial charge on any atom is -0.508 e. The maximum atomic E-state index is 9.25. The number of rotatable bonds is 6. The van der Waals surface area contributed by atoms with Gasteiger partial charge in [0.2, 0.25) is 0 Å². The molecule has 112 valence electrons. The van der Waals surface area contributed by atoms with Gasteiger partial charge in [0.05, 0.1) is 16.7 Å². The molecule has 0 atom stereocenters. The van der Waals surface area contributed by atoms with Crippen LogP contribution in [0.15, 0.2) is 36.4 Å². The van der Waals surface area contributed by atoms with Gasteiger partial charge in [-0.3, -0.25) is 0 Å². The van der Waals surface area contributed by atoms with Crippen molar-refractivity contribution in [2.24, 2.45) is 0 Å². The van der Waals surface area contributed by atoms with Gasteiger partial charge in [0, 0.05) is 17.3 Å². The zero-order valence-corrected chi connectivity index (χ0v) is 13.3. The lowest BCUT2D eigenvalue weighted by Gasteiger charge is -2.13. The molecule has 2 aromatic rings. The molecule has 6 heteroatoms. The Kier molecular flexibility index (Phi) is 5.85. The Labute approximate surface area is 138 Å². The summed E-state index contributed by atoms with van der Waals surface area (Å²) in [5, 5.41) is 13.3. The summed E-state index contributed by atoms with van der Waals surface area (Å²) in [4.78, 5) is 0. The Bertz CT molecular complexity index is 579. The summed E-state index contributed by atoms with van der Waals surface area (Å²) in [7, 11) is 0. The van der Waals surface area contributed by atoms with Crippen molar-refractivity contribution in [1.29, 1.82) is 0 Å². The third-order valence-corrected chi connectivity index (χ3v) is 3.51. The van der Waals surface area contributed by atoms with Gasteiger partial charge in [-0.05, 0) is 42.8 Å². The number of benzene rings is 2. The number of halogens is 3. The van der Waals surface area contributed by atoms with E-state index in [4.69, 9.17) is 39.5 Å². The fourth-order valence-electron chi connectivity index (χ4n) is 1.71. The number of aromatic hydroxyl groups is 1. The van der Waals surface area contributed by atoms with Gasteiger partial charge in [0.1, 0.15) is 5.75 Å². The van der Waals surface area contributed by atoms with Crippen LogP contribution in [0.25, 0.3) is 0 Å². The molecule has 0 aliphatic carbocycles. The lowest BCUT2D eigenvalue weighted by molar-refractivity contribution is 0.319. The highest BCUT2D eigenvalue weighted by molar-refractivity contribution is 6.37. The second kappa shape index (κ2) is 7.64. The normalized spacial score (nSPS) is 10.4. The summed E-state index contributed by atoms with van der Waals surface area (Å²) in [5.74, 6) is 1.19. The van der Waals surface area contributed by atoms with Gasteiger partial charge in [-0.1, -0.05) is 23.2 Å². The molecular weight excluding hydrogens is 333 g/mol. The lowest BCUT2D eigenvalue weighted by Crippen LogP contribution is -2.00. The van der Waals surface area contributed by atoms with Gasteiger partial charge in [-0.2, -0.15) is 0 Å². The van der Waals surface area contributed by atoms with E-state index in [9.17, 15) is 5.11 Å². The molecule has 0 aliphatic rings.